The molecule has 0 aliphatic carbocycles. The highest BCUT2D eigenvalue weighted by molar-refractivity contribution is 5.88. The van der Waals surface area contributed by atoms with Crippen molar-refractivity contribution >= 4 is 11.5 Å². The van der Waals surface area contributed by atoms with E-state index in [2.05, 4.69) is 9.89 Å². The molecule has 0 saturated carbocycles. The van der Waals surface area contributed by atoms with Gasteiger partial charge in [-0.2, -0.15) is 0 Å². The summed E-state index contributed by atoms with van der Waals surface area (Å²) in [4.78, 5) is 6.87. The molecule has 3 rings (SSSR count). The van der Waals surface area contributed by atoms with Crippen LogP contribution in [0.5, 0.6) is 5.75 Å². The standard InChI is InChI=1S/C12H14N2O2/c1-2-4-11-10(3-1)13-12(9-16-11)14-5-7-15-8-6-14/h1-4H,5-9H2. The summed E-state index contributed by atoms with van der Waals surface area (Å²) in [5.41, 5.74) is 0.926. The lowest BCUT2D eigenvalue weighted by molar-refractivity contribution is 0.0658. The lowest BCUT2D eigenvalue weighted by Crippen LogP contribution is -2.43. The molecule has 0 radical (unpaired) electrons. The summed E-state index contributed by atoms with van der Waals surface area (Å²) in [6, 6.07) is 7.88. The Morgan fingerprint density at radius 1 is 1.12 bits per heavy atom. The molecule has 0 N–H and O–H groups in total. The Morgan fingerprint density at radius 3 is 2.81 bits per heavy atom. The SMILES string of the molecule is c1ccc2c(c1)N=C(N1CCOCC1)CO2. The van der Waals surface area contributed by atoms with Gasteiger partial charge in [0.2, 0.25) is 0 Å². The molecule has 1 aromatic rings. The van der Waals surface area contributed by atoms with Crippen molar-refractivity contribution < 1.29 is 9.47 Å². The average molecular weight is 218 g/mol. The number of rotatable bonds is 0. The predicted octanol–water partition coefficient (Wildman–Crippen LogP) is 1.44. The van der Waals surface area contributed by atoms with Crippen molar-refractivity contribution in [3.05, 3.63) is 24.3 Å². The molecule has 0 bridgehead atoms. The largest absolute Gasteiger partial charge is 0.483 e. The van der Waals surface area contributed by atoms with Crippen LogP contribution < -0.4 is 4.74 Å². The Labute approximate surface area is 94.5 Å². The lowest BCUT2D eigenvalue weighted by Gasteiger charge is -2.31. The van der Waals surface area contributed by atoms with Gasteiger partial charge in [0.15, 0.2) is 0 Å². The van der Waals surface area contributed by atoms with Gasteiger partial charge in [0.05, 0.1) is 13.2 Å². The first-order valence-electron chi connectivity index (χ1n) is 5.55. The molecule has 4 heteroatoms. The number of benzene rings is 1. The Hall–Kier alpha value is -1.55. The van der Waals surface area contributed by atoms with Crippen LogP contribution in [0.25, 0.3) is 0 Å². The second-order valence-electron chi connectivity index (χ2n) is 3.88. The minimum absolute atomic E-state index is 0.566. The van der Waals surface area contributed by atoms with E-state index in [4.69, 9.17) is 9.47 Å². The van der Waals surface area contributed by atoms with E-state index in [1.165, 1.54) is 0 Å². The van der Waals surface area contributed by atoms with Crippen molar-refractivity contribution in [1.29, 1.82) is 0 Å². The molecule has 1 fully saturated rings. The van der Waals surface area contributed by atoms with Gasteiger partial charge in [0.1, 0.15) is 23.9 Å². The fourth-order valence-corrected chi connectivity index (χ4v) is 1.97. The van der Waals surface area contributed by atoms with Gasteiger partial charge < -0.3 is 14.4 Å². The van der Waals surface area contributed by atoms with Gasteiger partial charge in [-0.05, 0) is 12.1 Å². The summed E-state index contributed by atoms with van der Waals surface area (Å²) in [6.45, 7) is 3.94. The second-order valence-corrected chi connectivity index (χ2v) is 3.88. The van der Waals surface area contributed by atoms with Gasteiger partial charge in [-0.25, -0.2) is 4.99 Å². The van der Waals surface area contributed by atoms with Crippen molar-refractivity contribution in [3.63, 3.8) is 0 Å². The molecule has 2 aliphatic rings. The van der Waals surface area contributed by atoms with Crippen LogP contribution in [0.2, 0.25) is 0 Å². The quantitative estimate of drug-likeness (QED) is 0.660. The number of morpholine rings is 1. The molecule has 4 nitrogen and oxygen atoms in total. The molecule has 1 aromatic carbocycles. The average Bonchev–Trinajstić information content (AvgIpc) is 2.39. The summed E-state index contributed by atoms with van der Waals surface area (Å²) in [6.07, 6.45) is 0. The van der Waals surface area contributed by atoms with Crippen LogP contribution >= 0.6 is 0 Å². The maximum atomic E-state index is 5.68. The summed E-state index contributed by atoms with van der Waals surface area (Å²) < 4.78 is 11.0. The third-order valence-electron chi connectivity index (χ3n) is 2.85. The second kappa shape index (κ2) is 4.14. The van der Waals surface area contributed by atoms with E-state index >= 15 is 0 Å². The predicted molar refractivity (Wildman–Crippen MR) is 61.4 cm³/mol. The Morgan fingerprint density at radius 2 is 1.94 bits per heavy atom. The molecule has 16 heavy (non-hydrogen) atoms. The van der Waals surface area contributed by atoms with Crippen molar-refractivity contribution in [2.24, 2.45) is 4.99 Å². The summed E-state index contributed by atoms with van der Waals surface area (Å²) in [5, 5.41) is 0. The fourth-order valence-electron chi connectivity index (χ4n) is 1.97. The van der Waals surface area contributed by atoms with E-state index in [0.717, 1.165) is 43.6 Å². The zero-order chi connectivity index (χ0) is 10.8. The van der Waals surface area contributed by atoms with E-state index in [1.807, 2.05) is 24.3 Å². The number of fused-ring (bicyclic) bond motifs is 1. The minimum Gasteiger partial charge on any atom is -0.483 e. The molecule has 0 unspecified atom stereocenters. The highest BCUT2D eigenvalue weighted by Gasteiger charge is 2.19. The van der Waals surface area contributed by atoms with Gasteiger partial charge in [-0.3, -0.25) is 0 Å². The van der Waals surface area contributed by atoms with Crippen LogP contribution in [-0.4, -0.2) is 43.6 Å². The normalized spacial score (nSPS) is 19.8. The van der Waals surface area contributed by atoms with E-state index in [9.17, 15) is 0 Å². The highest BCUT2D eigenvalue weighted by Crippen LogP contribution is 2.30. The molecule has 0 atom stereocenters. The third-order valence-corrected chi connectivity index (χ3v) is 2.85. The van der Waals surface area contributed by atoms with Crippen LogP contribution in [0.3, 0.4) is 0 Å². The first kappa shape index (κ1) is 9.66. The monoisotopic (exact) mass is 218 g/mol. The highest BCUT2D eigenvalue weighted by atomic mass is 16.5. The molecule has 0 spiro atoms. The van der Waals surface area contributed by atoms with Crippen molar-refractivity contribution in [1.82, 2.24) is 4.90 Å². The van der Waals surface area contributed by atoms with E-state index in [1.54, 1.807) is 0 Å². The lowest BCUT2D eigenvalue weighted by atomic mass is 10.2. The number of para-hydroxylation sites is 2. The van der Waals surface area contributed by atoms with Crippen molar-refractivity contribution in [2.75, 3.05) is 32.9 Å². The Balaban J connectivity index is 1.85. The molecule has 0 aromatic heterocycles. The molecular formula is C12H14N2O2. The summed E-state index contributed by atoms with van der Waals surface area (Å²) in [7, 11) is 0. The number of nitrogens with zero attached hydrogens (tertiary/aromatic N) is 2. The summed E-state index contributed by atoms with van der Waals surface area (Å²) in [5.74, 6) is 1.89. The zero-order valence-electron chi connectivity index (χ0n) is 9.06. The molecule has 2 heterocycles. The smallest absolute Gasteiger partial charge is 0.146 e. The fraction of sp³-hybridized carbons (Fsp3) is 0.417. The Bertz CT molecular complexity index is 411. The number of amidine groups is 1. The third kappa shape index (κ3) is 1.76. The number of hydrogen-bond donors (Lipinski definition) is 0. The maximum Gasteiger partial charge on any atom is 0.146 e. The topological polar surface area (TPSA) is 34.1 Å². The number of ether oxygens (including phenoxy) is 2. The van der Waals surface area contributed by atoms with E-state index in [0.29, 0.717) is 6.61 Å². The maximum absolute atomic E-state index is 5.68. The first-order chi connectivity index (χ1) is 7.93. The molecular weight excluding hydrogens is 204 g/mol. The van der Waals surface area contributed by atoms with Gasteiger partial charge in [0, 0.05) is 13.1 Å². The van der Waals surface area contributed by atoms with Crippen LogP contribution in [-0.2, 0) is 4.74 Å². The van der Waals surface area contributed by atoms with Crippen molar-refractivity contribution in [2.45, 2.75) is 0 Å². The molecule has 1 saturated heterocycles. The number of hydrogen-bond acceptors (Lipinski definition) is 4. The number of aliphatic imine (C=N–C) groups is 1. The van der Waals surface area contributed by atoms with Crippen LogP contribution in [0.1, 0.15) is 0 Å². The molecule has 2 aliphatic heterocycles. The van der Waals surface area contributed by atoms with Gasteiger partial charge in [0.25, 0.3) is 0 Å². The first-order valence-corrected chi connectivity index (χ1v) is 5.55. The zero-order valence-corrected chi connectivity index (χ0v) is 9.06. The van der Waals surface area contributed by atoms with Gasteiger partial charge in [-0.15, -0.1) is 0 Å². The summed E-state index contributed by atoms with van der Waals surface area (Å²) >= 11 is 0. The van der Waals surface area contributed by atoms with Gasteiger partial charge in [-0.1, -0.05) is 12.1 Å². The van der Waals surface area contributed by atoms with Gasteiger partial charge >= 0.3 is 0 Å². The Kier molecular flexibility index (Phi) is 2.50. The van der Waals surface area contributed by atoms with E-state index in [-0.39, 0.29) is 0 Å². The van der Waals surface area contributed by atoms with Crippen LogP contribution in [0.4, 0.5) is 5.69 Å². The molecule has 0 amide bonds. The minimum atomic E-state index is 0.566. The van der Waals surface area contributed by atoms with Crippen LogP contribution in [0.15, 0.2) is 29.3 Å². The molecule has 84 valence electrons. The van der Waals surface area contributed by atoms with Crippen molar-refractivity contribution in [3.8, 4) is 5.75 Å². The van der Waals surface area contributed by atoms with E-state index < -0.39 is 0 Å². The van der Waals surface area contributed by atoms with Crippen LogP contribution in [0, 0.1) is 0 Å².